The summed E-state index contributed by atoms with van der Waals surface area (Å²) >= 11 is 0.568. The molecular formula is C22H19N5O7S. The fraction of sp³-hybridized carbons (Fsp3) is 0.182. The topological polar surface area (TPSA) is 146 Å². The van der Waals surface area contributed by atoms with Gasteiger partial charge in [-0.3, -0.25) is 38.5 Å². The van der Waals surface area contributed by atoms with Gasteiger partial charge in [-0.2, -0.15) is 0 Å². The van der Waals surface area contributed by atoms with Gasteiger partial charge in [0.25, 0.3) is 16.8 Å². The Labute approximate surface area is 201 Å². The van der Waals surface area contributed by atoms with E-state index in [1.54, 1.807) is 24.3 Å². The zero-order valence-corrected chi connectivity index (χ0v) is 19.6. The second-order valence-electron chi connectivity index (χ2n) is 7.57. The summed E-state index contributed by atoms with van der Waals surface area (Å²) in [5, 5.41) is 13.6. The SMILES string of the molecule is COc1ccccc1NC(=O)CN1C(=O)S/C(=C\c2cc3c(cc2[N+](=O)[O-])n(C)c(=O)n3C)C1=O. The standard InChI is InChI=1S/C22H19N5O7S/c1-24-15-8-12(14(27(32)33)10-16(15)25(2)21(24)30)9-18-20(29)26(22(31)35-18)11-19(28)23-13-6-4-5-7-17(13)34-3/h4-10H,11H2,1-3H3,(H,23,28)/b18-9-. The number of methoxy groups -OCH3 is 1. The highest BCUT2D eigenvalue weighted by atomic mass is 32.2. The molecule has 1 aliphatic rings. The minimum absolute atomic E-state index is 0.0488. The van der Waals surface area contributed by atoms with Crippen LogP contribution in [-0.4, -0.2) is 49.7 Å². The maximum Gasteiger partial charge on any atom is 0.328 e. The summed E-state index contributed by atoms with van der Waals surface area (Å²) in [6, 6.07) is 9.32. The smallest absolute Gasteiger partial charge is 0.328 e. The molecule has 3 aromatic rings. The van der Waals surface area contributed by atoms with Crippen LogP contribution in [-0.2, 0) is 23.7 Å². The molecule has 1 fully saturated rings. The molecule has 0 saturated carbocycles. The van der Waals surface area contributed by atoms with Gasteiger partial charge in [-0.15, -0.1) is 0 Å². The fourth-order valence-corrected chi connectivity index (χ4v) is 4.51. The highest BCUT2D eigenvalue weighted by Crippen LogP contribution is 2.35. The number of aryl methyl sites for hydroxylation is 2. The lowest BCUT2D eigenvalue weighted by molar-refractivity contribution is -0.385. The number of nitro groups is 1. The number of aromatic nitrogens is 2. The summed E-state index contributed by atoms with van der Waals surface area (Å²) in [4.78, 5) is 61.8. The largest absolute Gasteiger partial charge is 0.495 e. The molecule has 3 amide bonds. The summed E-state index contributed by atoms with van der Waals surface area (Å²) in [5.41, 5.74) is 0.493. The molecule has 0 unspecified atom stereocenters. The third-order valence-corrected chi connectivity index (χ3v) is 6.37. The second-order valence-corrected chi connectivity index (χ2v) is 8.57. The molecule has 180 valence electrons. The number of carbonyl (C=O) groups excluding carboxylic acids is 3. The van der Waals surface area contributed by atoms with E-state index in [1.807, 2.05) is 0 Å². The Morgan fingerprint density at radius 1 is 1.14 bits per heavy atom. The average molecular weight is 497 g/mol. The van der Waals surface area contributed by atoms with Crippen LogP contribution in [0.1, 0.15) is 5.56 Å². The van der Waals surface area contributed by atoms with Crippen molar-refractivity contribution in [1.29, 1.82) is 0 Å². The maximum atomic E-state index is 12.9. The lowest BCUT2D eigenvalue weighted by Gasteiger charge is -2.14. The molecule has 12 nitrogen and oxygen atoms in total. The molecule has 0 atom stereocenters. The molecule has 0 radical (unpaired) electrons. The number of fused-ring (bicyclic) bond motifs is 1. The number of imidazole rings is 1. The van der Waals surface area contributed by atoms with Crippen LogP contribution in [0.2, 0.25) is 0 Å². The minimum Gasteiger partial charge on any atom is -0.495 e. The van der Waals surface area contributed by atoms with Gasteiger partial charge in [0.15, 0.2) is 0 Å². The number of rotatable bonds is 6. The molecule has 13 heteroatoms. The number of amides is 3. The van der Waals surface area contributed by atoms with Crippen LogP contribution in [0.25, 0.3) is 17.1 Å². The number of anilines is 1. The first-order valence-electron chi connectivity index (χ1n) is 10.1. The van der Waals surface area contributed by atoms with Crippen LogP contribution in [0.15, 0.2) is 46.1 Å². The van der Waals surface area contributed by atoms with Gasteiger partial charge < -0.3 is 10.1 Å². The number of hydrogen-bond donors (Lipinski definition) is 1. The number of hydrogen-bond acceptors (Lipinski definition) is 8. The lowest BCUT2D eigenvalue weighted by Crippen LogP contribution is -2.36. The van der Waals surface area contributed by atoms with Gasteiger partial charge in [0.2, 0.25) is 5.91 Å². The normalized spacial score (nSPS) is 14.7. The average Bonchev–Trinajstić information content (AvgIpc) is 3.20. The monoisotopic (exact) mass is 497 g/mol. The molecule has 0 spiro atoms. The molecule has 2 aromatic carbocycles. The quantitative estimate of drug-likeness (QED) is 0.310. The zero-order chi connectivity index (χ0) is 25.4. The number of ether oxygens (including phenoxy) is 1. The highest BCUT2D eigenvalue weighted by molar-refractivity contribution is 8.18. The van der Waals surface area contributed by atoms with E-state index < -0.39 is 28.5 Å². The number of benzene rings is 2. The van der Waals surface area contributed by atoms with E-state index in [-0.39, 0.29) is 21.8 Å². The van der Waals surface area contributed by atoms with Crippen molar-refractivity contribution in [3.05, 3.63) is 67.5 Å². The zero-order valence-electron chi connectivity index (χ0n) is 18.8. The molecule has 1 N–H and O–H groups in total. The summed E-state index contributed by atoms with van der Waals surface area (Å²) in [6.45, 7) is -0.547. The first kappa shape index (κ1) is 23.8. The van der Waals surface area contributed by atoms with Crippen LogP contribution in [0.5, 0.6) is 5.75 Å². The van der Waals surface area contributed by atoms with Gasteiger partial charge in [0, 0.05) is 20.2 Å². The number of para-hydroxylation sites is 2. The van der Waals surface area contributed by atoms with E-state index in [9.17, 15) is 29.3 Å². The molecule has 4 rings (SSSR count). The maximum absolute atomic E-state index is 12.9. The number of nitrogens with zero attached hydrogens (tertiary/aromatic N) is 4. The van der Waals surface area contributed by atoms with Crippen molar-refractivity contribution >= 4 is 57.3 Å². The van der Waals surface area contributed by atoms with Gasteiger partial charge in [-0.25, -0.2) is 4.79 Å². The number of nitrogens with one attached hydrogen (secondary N) is 1. The predicted octanol–water partition coefficient (Wildman–Crippen LogP) is 2.47. The first-order chi connectivity index (χ1) is 16.6. The number of thioether (sulfide) groups is 1. The summed E-state index contributed by atoms with van der Waals surface area (Å²) in [5.74, 6) is -0.968. The van der Waals surface area contributed by atoms with Crippen LogP contribution in [0.3, 0.4) is 0 Å². The minimum atomic E-state index is -0.758. The summed E-state index contributed by atoms with van der Waals surface area (Å²) in [7, 11) is 4.46. The predicted molar refractivity (Wildman–Crippen MR) is 129 cm³/mol. The third kappa shape index (κ3) is 4.28. The van der Waals surface area contributed by atoms with E-state index in [2.05, 4.69) is 5.32 Å². The number of nitro benzene ring substituents is 1. The summed E-state index contributed by atoms with van der Waals surface area (Å²) in [6.07, 6.45) is 1.22. The van der Waals surface area contributed by atoms with Crippen LogP contribution in [0, 0.1) is 10.1 Å². The fourth-order valence-electron chi connectivity index (χ4n) is 3.68. The van der Waals surface area contributed by atoms with Crippen molar-refractivity contribution < 1.29 is 24.0 Å². The van der Waals surface area contributed by atoms with Gasteiger partial charge in [0.05, 0.1) is 39.2 Å². The van der Waals surface area contributed by atoms with Crippen LogP contribution >= 0.6 is 11.8 Å². The molecule has 1 aliphatic heterocycles. The van der Waals surface area contributed by atoms with Gasteiger partial charge in [-0.05, 0) is 36.0 Å². The highest BCUT2D eigenvalue weighted by Gasteiger charge is 2.37. The van der Waals surface area contributed by atoms with Gasteiger partial charge >= 0.3 is 5.69 Å². The molecule has 35 heavy (non-hydrogen) atoms. The van der Waals surface area contributed by atoms with Crippen LogP contribution in [0.4, 0.5) is 16.2 Å². The first-order valence-corrected chi connectivity index (χ1v) is 11.0. The van der Waals surface area contributed by atoms with Crippen molar-refractivity contribution in [1.82, 2.24) is 14.0 Å². The molecule has 2 heterocycles. The van der Waals surface area contributed by atoms with Crippen molar-refractivity contribution in [3.63, 3.8) is 0 Å². The van der Waals surface area contributed by atoms with Gasteiger partial charge in [0.1, 0.15) is 12.3 Å². The molecular weight excluding hydrogens is 478 g/mol. The van der Waals surface area contributed by atoms with E-state index in [0.717, 1.165) is 4.90 Å². The molecule has 0 bridgehead atoms. The third-order valence-electron chi connectivity index (χ3n) is 5.46. The Balaban J connectivity index is 1.63. The Hall–Kier alpha value is -4.39. The molecule has 1 saturated heterocycles. The van der Waals surface area contributed by atoms with Crippen molar-refractivity contribution in [2.24, 2.45) is 14.1 Å². The van der Waals surface area contributed by atoms with E-state index >= 15 is 0 Å². The van der Waals surface area contributed by atoms with Crippen LogP contribution < -0.4 is 15.7 Å². The Morgan fingerprint density at radius 3 is 2.46 bits per heavy atom. The Kier molecular flexibility index (Phi) is 6.18. The van der Waals surface area contributed by atoms with E-state index in [4.69, 9.17) is 4.74 Å². The van der Waals surface area contributed by atoms with Gasteiger partial charge in [-0.1, -0.05) is 12.1 Å². The molecule has 0 aliphatic carbocycles. The van der Waals surface area contributed by atoms with Crippen molar-refractivity contribution in [2.75, 3.05) is 19.0 Å². The van der Waals surface area contributed by atoms with Crippen molar-refractivity contribution in [3.8, 4) is 5.75 Å². The summed E-state index contributed by atoms with van der Waals surface area (Å²) < 4.78 is 7.77. The Bertz CT molecular complexity index is 1500. The Morgan fingerprint density at radius 2 is 1.80 bits per heavy atom. The van der Waals surface area contributed by atoms with E-state index in [1.165, 1.54) is 48.5 Å². The second kappa shape index (κ2) is 9.10. The van der Waals surface area contributed by atoms with Crippen molar-refractivity contribution in [2.45, 2.75) is 0 Å². The number of imide groups is 1. The van der Waals surface area contributed by atoms with E-state index in [0.29, 0.717) is 34.2 Å². The number of carbonyl (C=O) groups is 3. The molecule has 1 aromatic heterocycles. The lowest BCUT2D eigenvalue weighted by atomic mass is 10.1.